The molecule has 3 rings (SSSR count). The van der Waals surface area contributed by atoms with Gasteiger partial charge < -0.3 is 14.8 Å². The molecule has 0 amide bonds. The zero-order chi connectivity index (χ0) is 22.4. The topological polar surface area (TPSA) is 64.1 Å². The molecule has 0 bridgehead atoms. The molecule has 31 heavy (non-hydrogen) atoms. The van der Waals surface area contributed by atoms with Crippen LogP contribution >= 0.6 is 0 Å². The first-order valence-corrected chi connectivity index (χ1v) is 12.8. The SMILES string of the molecule is C/C=C(\CC1=CC=CCC([S+](C)[O-])=C1C)c1nc(N[C@H]2CCCN(C)C2)ncc1CC. The molecule has 1 aliphatic carbocycles. The highest BCUT2D eigenvalue weighted by Crippen LogP contribution is 2.32. The van der Waals surface area contributed by atoms with Gasteiger partial charge in [0, 0.05) is 30.8 Å². The van der Waals surface area contributed by atoms with Gasteiger partial charge in [-0.2, -0.15) is 0 Å². The Kier molecular flexibility index (Phi) is 8.52. The number of aryl methyl sites for hydroxylation is 1. The van der Waals surface area contributed by atoms with Gasteiger partial charge in [0.15, 0.2) is 0 Å². The van der Waals surface area contributed by atoms with Crippen molar-refractivity contribution in [3.05, 3.63) is 57.8 Å². The Balaban J connectivity index is 1.87. The number of aromatic nitrogens is 2. The highest BCUT2D eigenvalue weighted by Gasteiger charge is 2.21. The van der Waals surface area contributed by atoms with Gasteiger partial charge in [0.2, 0.25) is 5.95 Å². The van der Waals surface area contributed by atoms with Gasteiger partial charge in [-0.15, -0.1) is 0 Å². The number of hydrogen-bond donors (Lipinski definition) is 1. The second-order valence-corrected chi connectivity index (χ2v) is 9.88. The van der Waals surface area contributed by atoms with Crippen molar-refractivity contribution in [2.75, 3.05) is 31.7 Å². The van der Waals surface area contributed by atoms with Crippen molar-refractivity contribution in [2.24, 2.45) is 0 Å². The van der Waals surface area contributed by atoms with Gasteiger partial charge in [-0.1, -0.05) is 31.2 Å². The molecule has 2 aliphatic rings. The summed E-state index contributed by atoms with van der Waals surface area (Å²) in [6, 6.07) is 0.384. The van der Waals surface area contributed by atoms with Gasteiger partial charge in [-0.3, -0.25) is 0 Å². The Morgan fingerprint density at radius 3 is 2.90 bits per heavy atom. The number of nitrogens with one attached hydrogen (secondary N) is 1. The largest absolute Gasteiger partial charge is 0.612 e. The first-order chi connectivity index (χ1) is 14.9. The van der Waals surface area contributed by atoms with Crippen LogP contribution in [0.2, 0.25) is 0 Å². The van der Waals surface area contributed by atoms with Gasteiger partial charge in [-0.05, 0) is 81.0 Å². The van der Waals surface area contributed by atoms with Crippen molar-refractivity contribution < 1.29 is 4.55 Å². The average molecular weight is 441 g/mol. The van der Waals surface area contributed by atoms with Crippen LogP contribution in [0.4, 0.5) is 5.95 Å². The number of rotatable bonds is 7. The van der Waals surface area contributed by atoms with Crippen LogP contribution in [0.25, 0.3) is 5.57 Å². The molecule has 168 valence electrons. The van der Waals surface area contributed by atoms with E-state index in [1.807, 2.05) is 6.20 Å². The summed E-state index contributed by atoms with van der Waals surface area (Å²) >= 11 is -0.964. The summed E-state index contributed by atoms with van der Waals surface area (Å²) in [4.78, 5) is 13.0. The number of anilines is 1. The van der Waals surface area contributed by atoms with Gasteiger partial charge in [-0.25, -0.2) is 9.97 Å². The molecule has 2 heterocycles. The Morgan fingerprint density at radius 1 is 1.42 bits per heavy atom. The molecular formula is C25H36N4OS. The van der Waals surface area contributed by atoms with E-state index in [1.54, 1.807) is 6.26 Å². The normalized spacial score (nSPS) is 21.7. The second-order valence-electron chi connectivity index (χ2n) is 8.48. The number of likely N-dealkylation sites (N-methyl/N-ethyl adjacent to an activating group) is 1. The summed E-state index contributed by atoms with van der Waals surface area (Å²) in [7, 11) is 2.17. The lowest BCUT2D eigenvalue weighted by molar-refractivity contribution is 0.260. The Hall–Kier alpha value is -1.89. The molecule has 1 aromatic heterocycles. The molecule has 0 aromatic carbocycles. The Morgan fingerprint density at radius 2 is 2.23 bits per heavy atom. The summed E-state index contributed by atoms with van der Waals surface area (Å²) < 4.78 is 12.2. The van der Waals surface area contributed by atoms with Crippen LogP contribution in [0.3, 0.4) is 0 Å². The van der Waals surface area contributed by atoms with Crippen LogP contribution in [-0.4, -0.2) is 51.9 Å². The maximum absolute atomic E-state index is 12.2. The highest BCUT2D eigenvalue weighted by molar-refractivity contribution is 7.94. The number of likely N-dealkylation sites (tertiary alicyclic amines) is 1. The minimum atomic E-state index is -0.964. The molecule has 0 spiro atoms. The fourth-order valence-electron chi connectivity index (χ4n) is 4.35. The summed E-state index contributed by atoms with van der Waals surface area (Å²) in [5.41, 5.74) is 5.71. The first-order valence-electron chi connectivity index (χ1n) is 11.3. The zero-order valence-electron chi connectivity index (χ0n) is 19.6. The van der Waals surface area contributed by atoms with Gasteiger partial charge in [0.25, 0.3) is 0 Å². The maximum atomic E-state index is 12.2. The third-order valence-electron chi connectivity index (χ3n) is 6.22. The molecule has 5 nitrogen and oxygen atoms in total. The molecule has 6 heteroatoms. The number of hydrogen-bond acceptors (Lipinski definition) is 5. The van der Waals surface area contributed by atoms with E-state index in [9.17, 15) is 4.55 Å². The van der Waals surface area contributed by atoms with Crippen molar-refractivity contribution in [1.29, 1.82) is 0 Å². The molecule has 1 N–H and O–H groups in total. The van der Waals surface area contributed by atoms with Crippen molar-refractivity contribution in [3.8, 4) is 0 Å². The van der Waals surface area contributed by atoms with Crippen LogP contribution in [0.15, 0.2) is 46.6 Å². The predicted octanol–water partition coefficient (Wildman–Crippen LogP) is 4.88. The van der Waals surface area contributed by atoms with Crippen LogP contribution < -0.4 is 5.32 Å². The second kappa shape index (κ2) is 11.1. The molecule has 1 aliphatic heterocycles. The number of piperidine rings is 1. The predicted molar refractivity (Wildman–Crippen MR) is 132 cm³/mol. The van der Waals surface area contributed by atoms with E-state index in [4.69, 9.17) is 4.98 Å². The Labute approximate surface area is 190 Å². The van der Waals surface area contributed by atoms with E-state index in [0.29, 0.717) is 12.0 Å². The van der Waals surface area contributed by atoms with Crippen LogP contribution in [-0.2, 0) is 17.6 Å². The molecule has 0 saturated carbocycles. The van der Waals surface area contributed by atoms with Gasteiger partial charge in [0.05, 0.1) is 5.69 Å². The molecule has 1 fully saturated rings. The molecule has 1 saturated heterocycles. The monoisotopic (exact) mass is 440 g/mol. The fraction of sp³-hybridized carbons (Fsp3) is 0.520. The third kappa shape index (κ3) is 6.09. The van der Waals surface area contributed by atoms with Crippen LogP contribution in [0.5, 0.6) is 0 Å². The first kappa shape index (κ1) is 23.8. The quantitative estimate of drug-likeness (QED) is 0.612. The average Bonchev–Trinajstić information content (AvgIpc) is 2.93. The van der Waals surface area contributed by atoms with Crippen LogP contribution in [0, 0.1) is 0 Å². The molecule has 1 unspecified atom stereocenters. The molecule has 0 radical (unpaired) electrons. The van der Waals surface area contributed by atoms with Gasteiger partial charge >= 0.3 is 0 Å². The lowest BCUT2D eigenvalue weighted by Crippen LogP contribution is -2.40. The summed E-state index contributed by atoms with van der Waals surface area (Å²) in [6.45, 7) is 8.49. The highest BCUT2D eigenvalue weighted by atomic mass is 32.2. The standard InChI is InChI=1S/C25H36N4OS/c1-6-19(15-21-11-8-9-13-23(18(21)3)31(5)30)24-20(7-2)16-26-25(28-24)27-22-12-10-14-29(4)17-22/h6,8-9,11,16,22H,7,10,12-15,17H2,1-5H3,(H,26,27,28)/b19-6+/t22-,31?/m0/s1. The number of allylic oxidation sites excluding steroid dienone is 8. The van der Waals surface area contributed by atoms with Crippen molar-refractivity contribution in [2.45, 2.75) is 58.9 Å². The lowest BCUT2D eigenvalue weighted by atomic mass is 9.94. The molecule has 2 atom stereocenters. The molecule has 1 aromatic rings. The van der Waals surface area contributed by atoms with E-state index < -0.39 is 11.2 Å². The van der Waals surface area contributed by atoms with E-state index in [1.165, 1.54) is 17.6 Å². The zero-order valence-corrected chi connectivity index (χ0v) is 20.4. The number of nitrogens with zero attached hydrogens (tertiary/aromatic N) is 3. The maximum Gasteiger partial charge on any atom is 0.223 e. The van der Waals surface area contributed by atoms with E-state index in [-0.39, 0.29) is 0 Å². The summed E-state index contributed by atoms with van der Waals surface area (Å²) in [6.07, 6.45) is 17.0. The minimum absolute atomic E-state index is 0.384. The summed E-state index contributed by atoms with van der Waals surface area (Å²) in [5, 5.41) is 3.56. The molecular weight excluding hydrogens is 404 g/mol. The van der Waals surface area contributed by atoms with Crippen LogP contribution in [0.1, 0.15) is 57.7 Å². The smallest absolute Gasteiger partial charge is 0.223 e. The van der Waals surface area contributed by atoms with Crippen molar-refractivity contribution >= 4 is 22.7 Å². The van der Waals surface area contributed by atoms with E-state index in [0.717, 1.165) is 60.5 Å². The van der Waals surface area contributed by atoms with Gasteiger partial charge in [0.1, 0.15) is 11.2 Å². The third-order valence-corrected chi connectivity index (χ3v) is 7.39. The van der Waals surface area contributed by atoms with E-state index >= 15 is 0 Å². The summed E-state index contributed by atoms with van der Waals surface area (Å²) in [5.74, 6) is 0.712. The Bertz CT molecular complexity index is 901. The fourth-order valence-corrected chi connectivity index (χ4v) is 5.24. The van der Waals surface area contributed by atoms with E-state index in [2.05, 4.69) is 67.3 Å². The van der Waals surface area contributed by atoms with Crippen molar-refractivity contribution in [1.82, 2.24) is 14.9 Å². The minimum Gasteiger partial charge on any atom is -0.612 e. The lowest BCUT2D eigenvalue weighted by Gasteiger charge is -2.30. The van der Waals surface area contributed by atoms with Crippen molar-refractivity contribution in [3.63, 3.8) is 0 Å².